The number of benzene rings is 1. The van der Waals surface area contributed by atoms with Gasteiger partial charge in [-0.05, 0) is 23.9 Å². The van der Waals surface area contributed by atoms with E-state index in [0.29, 0.717) is 0 Å². The lowest BCUT2D eigenvalue weighted by Gasteiger charge is -2.01. The van der Waals surface area contributed by atoms with E-state index in [1.165, 1.54) is 12.1 Å². The lowest BCUT2D eigenvalue weighted by Crippen LogP contribution is -2.19. The normalized spacial score (nSPS) is 18.8. The molecule has 1 aromatic carbocycles. The molecule has 1 aliphatic rings. The van der Waals surface area contributed by atoms with Gasteiger partial charge in [-0.1, -0.05) is 6.07 Å². The van der Waals surface area contributed by atoms with Crippen LogP contribution < -0.4 is 0 Å². The van der Waals surface area contributed by atoms with Gasteiger partial charge in [-0.25, -0.2) is 4.39 Å². The molecule has 0 amide bonds. The number of rotatable bonds is 0. The highest BCUT2D eigenvalue weighted by atomic mass is 32.2. The van der Waals surface area contributed by atoms with Gasteiger partial charge in [0.25, 0.3) is 0 Å². The minimum absolute atomic E-state index is 0.00926. The van der Waals surface area contributed by atoms with Crippen molar-refractivity contribution in [1.82, 2.24) is 0 Å². The first-order valence-corrected chi connectivity index (χ1v) is 4.24. The summed E-state index contributed by atoms with van der Waals surface area (Å²) in [6.45, 7) is 0. The van der Waals surface area contributed by atoms with Gasteiger partial charge in [-0.15, -0.1) is 0 Å². The van der Waals surface area contributed by atoms with Crippen molar-refractivity contribution in [3.63, 3.8) is 0 Å². The van der Waals surface area contributed by atoms with Gasteiger partial charge in [0.1, 0.15) is 5.82 Å². The van der Waals surface area contributed by atoms with Crippen molar-refractivity contribution in [2.75, 3.05) is 0 Å². The minimum atomic E-state index is -3.51. The topological polar surface area (TPSA) is 17.1 Å². The maximum Gasteiger partial charge on any atom is 0.360 e. The largest absolute Gasteiger partial charge is 0.360 e. The molecular formula is C8H3F3OS. The van der Waals surface area contributed by atoms with Crippen LogP contribution in [0.15, 0.2) is 23.1 Å². The van der Waals surface area contributed by atoms with Crippen LogP contribution in [0.1, 0.15) is 10.4 Å². The number of halogens is 3. The molecule has 0 N–H and O–H groups in total. The monoisotopic (exact) mass is 204 g/mol. The third-order valence-corrected chi connectivity index (χ3v) is 2.71. The lowest BCUT2D eigenvalue weighted by atomic mass is 10.1. The average molecular weight is 204 g/mol. The predicted molar refractivity (Wildman–Crippen MR) is 41.5 cm³/mol. The van der Waals surface area contributed by atoms with Crippen LogP contribution in [0.2, 0.25) is 0 Å². The van der Waals surface area contributed by atoms with Crippen LogP contribution in [-0.2, 0) is 0 Å². The molecule has 0 aromatic heterocycles. The van der Waals surface area contributed by atoms with Crippen LogP contribution >= 0.6 is 11.8 Å². The van der Waals surface area contributed by atoms with Crippen LogP contribution in [0.25, 0.3) is 0 Å². The zero-order valence-electron chi connectivity index (χ0n) is 6.18. The highest BCUT2D eigenvalue weighted by molar-refractivity contribution is 8.01. The van der Waals surface area contributed by atoms with E-state index in [1.807, 2.05) is 0 Å². The predicted octanol–water partition coefficient (Wildman–Crippen LogP) is 2.71. The molecule has 0 saturated carbocycles. The number of hydrogen-bond donors (Lipinski definition) is 0. The Balaban J connectivity index is 2.64. The number of hydrogen-bond acceptors (Lipinski definition) is 2. The molecule has 1 nitrogen and oxygen atoms in total. The van der Waals surface area contributed by atoms with Crippen molar-refractivity contribution in [3.05, 3.63) is 29.6 Å². The molecule has 0 fully saturated rings. The van der Waals surface area contributed by atoms with Crippen LogP contribution in [0, 0.1) is 5.82 Å². The Hall–Kier alpha value is -0.970. The van der Waals surface area contributed by atoms with Crippen molar-refractivity contribution in [1.29, 1.82) is 0 Å². The fraction of sp³-hybridized carbons (Fsp3) is 0.125. The van der Waals surface area contributed by atoms with E-state index >= 15 is 0 Å². The Morgan fingerprint density at radius 3 is 2.62 bits per heavy atom. The van der Waals surface area contributed by atoms with Crippen molar-refractivity contribution in [2.24, 2.45) is 0 Å². The van der Waals surface area contributed by atoms with Crippen molar-refractivity contribution >= 4 is 17.5 Å². The Morgan fingerprint density at radius 1 is 1.31 bits per heavy atom. The summed E-state index contributed by atoms with van der Waals surface area (Å²) in [5.41, 5.74) is -0.488. The zero-order chi connectivity index (χ0) is 9.64. The van der Waals surface area contributed by atoms with Crippen LogP contribution in [0.3, 0.4) is 0 Å². The average Bonchev–Trinajstić information content (AvgIpc) is 2.24. The van der Waals surface area contributed by atoms with Gasteiger partial charge in [0, 0.05) is 4.90 Å². The Kier molecular flexibility index (Phi) is 1.66. The summed E-state index contributed by atoms with van der Waals surface area (Å²) in [7, 11) is 0. The molecule has 0 saturated heterocycles. The number of alkyl halides is 2. The summed E-state index contributed by atoms with van der Waals surface area (Å²) in [5, 5.41) is -3.51. The van der Waals surface area contributed by atoms with Gasteiger partial charge >= 0.3 is 5.25 Å². The van der Waals surface area contributed by atoms with E-state index in [4.69, 9.17) is 0 Å². The van der Waals surface area contributed by atoms with E-state index in [0.717, 1.165) is 6.07 Å². The summed E-state index contributed by atoms with van der Waals surface area (Å²) in [4.78, 5) is 10.9. The second-order valence-electron chi connectivity index (χ2n) is 2.56. The fourth-order valence-corrected chi connectivity index (χ4v) is 2.05. The Labute approximate surface area is 75.9 Å². The number of carbonyl (C=O) groups excluding carboxylic acids is 1. The second kappa shape index (κ2) is 2.51. The van der Waals surface area contributed by atoms with Gasteiger partial charge in [-0.2, -0.15) is 8.78 Å². The van der Waals surface area contributed by atoms with Gasteiger partial charge in [0.05, 0.1) is 5.56 Å². The van der Waals surface area contributed by atoms with E-state index in [2.05, 4.69) is 0 Å². The smallest absolute Gasteiger partial charge is 0.286 e. The Morgan fingerprint density at radius 2 is 2.00 bits per heavy atom. The van der Waals surface area contributed by atoms with E-state index in [9.17, 15) is 18.0 Å². The van der Waals surface area contributed by atoms with Crippen LogP contribution in [0.5, 0.6) is 0 Å². The minimum Gasteiger partial charge on any atom is -0.286 e. The molecule has 13 heavy (non-hydrogen) atoms. The molecule has 0 bridgehead atoms. The standard InChI is InChI=1S/C8H3F3OS/c9-4-2-1-3-5-6(4)7(12)8(10,11)13-5/h1-3H. The summed E-state index contributed by atoms with van der Waals surface area (Å²) < 4.78 is 38.4. The number of ketones is 1. The Bertz CT molecular complexity index is 389. The molecule has 0 radical (unpaired) electrons. The van der Waals surface area contributed by atoms with Gasteiger partial charge < -0.3 is 0 Å². The number of fused-ring (bicyclic) bond motifs is 1. The summed E-state index contributed by atoms with van der Waals surface area (Å²) >= 11 is 0.0927. The summed E-state index contributed by atoms with van der Waals surface area (Å²) in [6.07, 6.45) is 0. The molecule has 0 aliphatic carbocycles. The molecule has 0 atom stereocenters. The van der Waals surface area contributed by atoms with Gasteiger partial charge in [0.2, 0.25) is 5.78 Å². The molecule has 0 spiro atoms. The van der Waals surface area contributed by atoms with Crippen molar-refractivity contribution in [2.45, 2.75) is 10.2 Å². The van der Waals surface area contributed by atoms with Gasteiger partial charge in [0.15, 0.2) is 0 Å². The van der Waals surface area contributed by atoms with Crippen molar-refractivity contribution < 1.29 is 18.0 Å². The molecule has 1 aliphatic heterocycles. The van der Waals surface area contributed by atoms with Gasteiger partial charge in [-0.3, -0.25) is 4.79 Å². The van der Waals surface area contributed by atoms with E-state index in [-0.39, 0.29) is 16.7 Å². The quantitative estimate of drug-likeness (QED) is 0.646. The number of carbonyl (C=O) groups is 1. The van der Waals surface area contributed by atoms with Crippen LogP contribution in [0.4, 0.5) is 13.2 Å². The molecule has 1 heterocycles. The first-order valence-electron chi connectivity index (χ1n) is 3.42. The third kappa shape index (κ3) is 1.14. The third-order valence-electron chi connectivity index (χ3n) is 1.70. The van der Waals surface area contributed by atoms with E-state index < -0.39 is 22.4 Å². The lowest BCUT2D eigenvalue weighted by molar-refractivity contribution is 0.0578. The molecule has 2 rings (SSSR count). The maximum absolute atomic E-state index is 12.9. The first-order chi connectivity index (χ1) is 6.02. The molecule has 0 unspecified atom stereocenters. The first kappa shape index (κ1) is 8.62. The second-order valence-corrected chi connectivity index (χ2v) is 3.72. The summed E-state index contributed by atoms with van der Waals surface area (Å²) in [5.74, 6) is -2.32. The molecule has 5 heteroatoms. The number of thioether (sulfide) groups is 1. The molecular weight excluding hydrogens is 201 g/mol. The van der Waals surface area contributed by atoms with Crippen molar-refractivity contribution in [3.8, 4) is 0 Å². The SMILES string of the molecule is O=C1c2c(F)cccc2SC1(F)F. The summed E-state index contributed by atoms with van der Waals surface area (Å²) in [6, 6.07) is 3.61. The zero-order valence-corrected chi connectivity index (χ0v) is 7.00. The highest BCUT2D eigenvalue weighted by Gasteiger charge is 2.49. The molecule has 68 valence electrons. The highest BCUT2D eigenvalue weighted by Crippen LogP contribution is 2.47. The van der Waals surface area contributed by atoms with E-state index in [1.54, 1.807) is 0 Å². The number of Topliss-reactive ketones (excluding diaryl/α,β-unsaturated/α-hetero) is 1. The molecule has 1 aromatic rings. The maximum atomic E-state index is 12.9. The fourth-order valence-electron chi connectivity index (χ4n) is 1.14. The van der Waals surface area contributed by atoms with Crippen LogP contribution in [-0.4, -0.2) is 11.0 Å².